The highest BCUT2D eigenvalue weighted by Gasteiger charge is 2.44. The van der Waals surface area contributed by atoms with E-state index in [9.17, 15) is 9.18 Å². The maximum atomic E-state index is 13.6. The lowest BCUT2D eigenvalue weighted by molar-refractivity contribution is 0.0769. The molecule has 2 unspecified atom stereocenters. The number of pyridine rings is 1. The smallest absolute Gasteiger partial charge is 0.270 e. The lowest BCUT2D eigenvalue weighted by Crippen LogP contribution is -2.47. The Morgan fingerprint density at radius 2 is 1.90 bits per heavy atom. The molecule has 1 amide bonds. The summed E-state index contributed by atoms with van der Waals surface area (Å²) >= 11 is 0. The summed E-state index contributed by atoms with van der Waals surface area (Å²) in [4.78, 5) is 25.2. The van der Waals surface area contributed by atoms with Crippen molar-refractivity contribution in [3.8, 4) is 0 Å². The van der Waals surface area contributed by atoms with Crippen molar-refractivity contribution in [1.29, 1.82) is 0 Å². The minimum atomic E-state index is -0.245. The van der Waals surface area contributed by atoms with Gasteiger partial charge in [-0.05, 0) is 81.2 Å². The van der Waals surface area contributed by atoms with Crippen molar-refractivity contribution in [2.45, 2.75) is 57.4 Å². The van der Waals surface area contributed by atoms with Crippen LogP contribution in [0.5, 0.6) is 0 Å². The third kappa shape index (κ3) is 3.59. The van der Waals surface area contributed by atoms with Gasteiger partial charge in [-0.15, -0.1) is 0 Å². The van der Waals surface area contributed by atoms with Crippen LogP contribution in [-0.2, 0) is 5.41 Å². The van der Waals surface area contributed by atoms with Crippen LogP contribution >= 0.6 is 0 Å². The summed E-state index contributed by atoms with van der Waals surface area (Å²) in [6, 6.07) is 10.5. The number of carbonyl (C=O) groups is 1. The van der Waals surface area contributed by atoms with Crippen molar-refractivity contribution in [2.75, 3.05) is 0 Å². The molecule has 30 heavy (non-hydrogen) atoms. The molecule has 2 fully saturated rings. The van der Waals surface area contributed by atoms with Gasteiger partial charge in [0.2, 0.25) is 0 Å². The van der Waals surface area contributed by atoms with Crippen molar-refractivity contribution in [1.82, 2.24) is 20.3 Å². The zero-order valence-electron chi connectivity index (χ0n) is 17.4. The SMILES string of the molecule is Cc1cccc(C(=O)NC2CC3CC(C2)CC(C)(c2nc4ccc(F)cc4[nH]2)C3)n1. The van der Waals surface area contributed by atoms with E-state index in [1.165, 1.54) is 18.6 Å². The van der Waals surface area contributed by atoms with E-state index in [1.54, 1.807) is 12.1 Å². The number of rotatable bonds is 3. The molecule has 0 saturated heterocycles. The van der Waals surface area contributed by atoms with Crippen molar-refractivity contribution < 1.29 is 9.18 Å². The van der Waals surface area contributed by atoms with Gasteiger partial charge in [-0.2, -0.15) is 0 Å². The van der Waals surface area contributed by atoms with Crippen LogP contribution in [0.4, 0.5) is 4.39 Å². The van der Waals surface area contributed by atoms with E-state index >= 15 is 0 Å². The highest BCUT2D eigenvalue weighted by atomic mass is 19.1. The number of nitrogens with zero attached hydrogens (tertiary/aromatic N) is 2. The third-order valence-corrected chi connectivity index (χ3v) is 6.85. The van der Waals surface area contributed by atoms with E-state index in [-0.39, 0.29) is 23.2 Å². The van der Waals surface area contributed by atoms with Crippen molar-refractivity contribution in [2.24, 2.45) is 11.8 Å². The standard InChI is InChI=1S/C24H27FN4O/c1-14-4-3-5-20(26-14)22(30)27-18-9-15-8-16(10-18)13-24(2,12-15)23-28-19-7-6-17(25)11-21(19)29-23/h3-7,11,15-16,18H,8-10,12-13H2,1-2H3,(H,27,30)(H,28,29). The van der Waals surface area contributed by atoms with E-state index in [4.69, 9.17) is 4.98 Å². The van der Waals surface area contributed by atoms with E-state index in [2.05, 4.69) is 22.2 Å². The van der Waals surface area contributed by atoms with Gasteiger partial charge in [0, 0.05) is 17.2 Å². The van der Waals surface area contributed by atoms with E-state index < -0.39 is 0 Å². The van der Waals surface area contributed by atoms with Crippen LogP contribution < -0.4 is 5.32 Å². The lowest BCUT2D eigenvalue weighted by Gasteiger charge is -2.47. The largest absolute Gasteiger partial charge is 0.348 e. The summed E-state index contributed by atoms with van der Waals surface area (Å²) in [5.41, 5.74) is 2.88. The Balaban J connectivity index is 1.30. The monoisotopic (exact) mass is 406 g/mol. The van der Waals surface area contributed by atoms with Gasteiger partial charge in [0.25, 0.3) is 5.91 Å². The number of aromatic amines is 1. The molecule has 1 aromatic carbocycles. The van der Waals surface area contributed by atoms with Gasteiger partial charge in [0.15, 0.2) is 0 Å². The minimum Gasteiger partial charge on any atom is -0.348 e. The average molecular weight is 407 g/mol. The Bertz CT molecular complexity index is 1090. The first-order valence-corrected chi connectivity index (χ1v) is 10.8. The molecule has 0 aliphatic heterocycles. The summed E-state index contributed by atoms with van der Waals surface area (Å²) in [6.45, 7) is 4.17. The van der Waals surface area contributed by atoms with Crippen LogP contribution in [0, 0.1) is 24.6 Å². The number of hydrogen-bond acceptors (Lipinski definition) is 3. The molecule has 2 saturated carbocycles. The number of imidazole rings is 1. The first-order valence-electron chi connectivity index (χ1n) is 10.8. The molecule has 0 radical (unpaired) electrons. The molecule has 2 heterocycles. The van der Waals surface area contributed by atoms with Gasteiger partial charge in [-0.1, -0.05) is 13.0 Å². The number of H-pyrrole nitrogens is 1. The summed E-state index contributed by atoms with van der Waals surface area (Å²) in [5.74, 6) is 1.73. The summed E-state index contributed by atoms with van der Waals surface area (Å²) in [5, 5.41) is 3.22. The molecule has 2 aliphatic carbocycles. The molecular weight excluding hydrogens is 379 g/mol. The fourth-order valence-electron chi connectivity index (χ4n) is 5.76. The maximum Gasteiger partial charge on any atom is 0.270 e. The quantitative estimate of drug-likeness (QED) is 0.664. The van der Waals surface area contributed by atoms with Crippen LogP contribution in [-0.4, -0.2) is 26.9 Å². The first kappa shape index (κ1) is 19.2. The Kier molecular flexibility index (Phi) is 4.60. The Hall–Kier alpha value is -2.76. The Morgan fingerprint density at radius 1 is 1.13 bits per heavy atom. The van der Waals surface area contributed by atoms with Gasteiger partial charge < -0.3 is 10.3 Å². The molecule has 156 valence electrons. The summed E-state index contributed by atoms with van der Waals surface area (Å²) in [6.07, 6.45) is 5.23. The second kappa shape index (κ2) is 7.18. The average Bonchev–Trinajstić information content (AvgIpc) is 3.11. The number of aryl methyl sites for hydroxylation is 1. The fraction of sp³-hybridized carbons (Fsp3) is 0.458. The molecule has 6 heteroatoms. The predicted molar refractivity (Wildman–Crippen MR) is 114 cm³/mol. The zero-order chi connectivity index (χ0) is 20.9. The van der Waals surface area contributed by atoms with Gasteiger partial charge >= 0.3 is 0 Å². The predicted octanol–water partition coefficient (Wildman–Crippen LogP) is 4.67. The molecule has 2 atom stereocenters. The Morgan fingerprint density at radius 3 is 2.63 bits per heavy atom. The first-order chi connectivity index (χ1) is 14.4. The van der Waals surface area contributed by atoms with Crippen LogP contribution in [0.15, 0.2) is 36.4 Å². The number of fused-ring (bicyclic) bond motifs is 3. The van der Waals surface area contributed by atoms with Crippen molar-refractivity contribution in [3.63, 3.8) is 0 Å². The van der Waals surface area contributed by atoms with Crippen LogP contribution in [0.2, 0.25) is 0 Å². The van der Waals surface area contributed by atoms with Crippen LogP contribution in [0.25, 0.3) is 11.0 Å². The number of hydrogen-bond donors (Lipinski definition) is 2. The van der Waals surface area contributed by atoms with Crippen LogP contribution in [0.1, 0.15) is 61.0 Å². The van der Waals surface area contributed by atoms with Gasteiger partial charge in [-0.3, -0.25) is 4.79 Å². The Labute approximate surface area is 175 Å². The van der Waals surface area contributed by atoms with E-state index in [1.807, 2.05) is 19.1 Å². The van der Waals surface area contributed by atoms with Gasteiger partial charge in [0.1, 0.15) is 17.3 Å². The number of halogens is 1. The van der Waals surface area contributed by atoms with Crippen LogP contribution in [0.3, 0.4) is 0 Å². The minimum absolute atomic E-state index is 0.0455. The summed E-state index contributed by atoms with van der Waals surface area (Å²) in [7, 11) is 0. The maximum absolute atomic E-state index is 13.6. The van der Waals surface area contributed by atoms with Crippen molar-refractivity contribution >= 4 is 16.9 Å². The molecule has 3 aromatic rings. The molecule has 0 spiro atoms. The van der Waals surface area contributed by atoms with Gasteiger partial charge in [-0.25, -0.2) is 14.4 Å². The third-order valence-electron chi connectivity index (χ3n) is 6.85. The number of benzene rings is 1. The van der Waals surface area contributed by atoms with Gasteiger partial charge in [0.05, 0.1) is 11.0 Å². The van der Waals surface area contributed by atoms with Crippen molar-refractivity contribution in [3.05, 3.63) is 59.4 Å². The molecule has 2 N–H and O–H groups in total. The number of nitrogens with one attached hydrogen (secondary N) is 2. The molecule has 5 rings (SSSR count). The molecule has 2 aliphatic rings. The lowest BCUT2D eigenvalue weighted by atomic mass is 9.60. The number of amides is 1. The summed E-state index contributed by atoms with van der Waals surface area (Å²) < 4.78 is 13.6. The highest BCUT2D eigenvalue weighted by molar-refractivity contribution is 5.92. The topological polar surface area (TPSA) is 70.7 Å². The molecule has 5 nitrogen and oxygen atoms in total. The second-order valence-electron chi connectivity index (χ2n) is 9.49. The molecular formula is C24H27FN4O. The van der Waals surface area contributed by atoms with E-state index in [0.717, 1.165) is 48.2 Å². The zero-order valence-corrected chi connectivity index (χ0v) is 17.4. The number of carbonyl (C=O) groups excluding carboxylic acids is 1. The molecule has 2 bridgehead atoms. The molecule has 2 aromatic heterocycles. The fourth-order valence-corrected chi connectivity index (χ4v) is 5.76. The van der Waals surface area contributed by atoms with E-state index in [0.29, 0.717) is 17.5 Å². The second-order valence-corrected chi connectivity index (χ2v) is 9.49. The normalized spacial score (nSPS) is 28.4. The number of aromatic nitrogens is 3. The highest BCUT2D eigenvalue weighted by Crippen LogP contribution is 2.49.